The Kier molecular flexibility index (Phi) is 6.61. The molecule has 0 saturated carbocycles. The van der Waals surface area contributed by atoms with Crippen LogP contribution >= 0.6 is 12.4 Å². The molecule has 6 nitrogen and oxygen atoms in total. The third-order valence-electron chi connectivity index (χ3n) is 4.21. The molecule has 1 atom stereocenters. The van der Waals surface area contributed by atoms with Crippen LogP contribution in [0.2, 0.25) is 0 Å². The van der Waals surface area contributed by atoms with E-state index in [1.807, 2.05) is 17.0 Å². The number of ether oxygens (including phenoxy) is 2. The van der Waals surface area contributed by atoms with Crippen LogP contribution < -0.4 is 14.8 Å². The molecular weight excluding hydrogens is 342 g/mol. The Morgan fingerprint density at radius 3 is 2.76 bits per heavy atom. The molecule has 1 fully saturated rings. The monoisotopic (exact) mass is 363 g/mol. The van der Waals surface area contributed by atoms with Crippen LogP contribution in [0.5, 0.6) is 11.5 Å². The highest BCUT2D eigenvalue weighted by molar-refractivity contribution is 5.98. The highest BCUT2D eigenvalue weighted by Gasteiger charge is 2.30. The third-order valence-corrected chi connectivity index (χ3v) is 4.21. The standard InChI is InChI=1S/C18H21N3O3.ClH/c1-23-16-7-3-6-14(17(16)24-2)18(22)21-10-9-20-12-15(21)13-5-4-8-19-11-13;/h3-8,11,15,20H,9-10,12H2,1-2H3;1H. The summed E-state index contributed by atoms with van der Waals surface area (Å²) in [6, 6.07) is 9.18. The van der Waals surface area contributed by atoms with Crippen molar-refractivity contribution in [3.63, 3.8) is 0 Å². The van der Waals surface area contributed by atoms with E-state index in [1.54, 1.807) is 44.8 Å². The molecule has 1 unspecified atom stereocenters. The molecule has 1 N–H and O–H groups in total. The molecule has 7 heteroatoms. The lowest BCUT2D eigenvalue weighted by atomic mass is 10.0. The second-order valence-corrected chi connectivity index (χ2v) is 5.55. The van der Waals surface area contributed by atoms with Crippen LogP contribution in [-0.2, 0) is 0 Å². The number of methoxy groups -OCH3 is 2. The summed E-state index contributed by atoms with van der Waals surface area (Å²) in [5.74, 6) is 0.950. The lowest BCUT2D eigenvalue weighted by Crippen LogP contribution is -2.48. The number of nitrogens with zero attached hydrogens (tertiary/aromatic N) is 2. The molecule has 2 aromatic rings. The zero-order chi connectivity index (χ0) is 16.9. The van der Waals surface area contributed by atoms with Crippen LogP contribution in [0.25, 0.3) is 0 Å². The Hall–Kier alpha value is -2.31. The summed E-state index contributed by atoms with van der Waals surface area (Å²) < 4.78 is 10.7. The topological polar surface area (TPSA) is 63.7 Å². The summed E-state index contributed by atoms with van der Waals surface area (Å²) in [7, 11) is 3.11. The summed E-state index contributed by atoms with van der Waals surface area (Å²) >= 11 is 0. The molecule has 2 heterocycles. The van der Waals surface area contributed by atoms with Gasteiger partial charge in [-0.2, -0.15) is 0 Å². The zero-order valence-electron chi connectivity index (χ0n) is 14.3. The Morgan fingerprint density at radius 2 is 2.08 bits per heavy atom. The number of pyridine rings is 1. The SMILES string of the molecule is COc1cccc(C(=O)N2CCNCC2c2cccnc2)c1OC.Cl. The van der Waals surface area contributed by atoms with Gasteiger partial charge in [0, 0.05) is 32.0 Å². The average Bonchev–Trinajstić information content (AvgIpc) is 2.67. The molecule has 3 rings (SSSR count). The predicted octanol–water partition coefficient (Wildman–Crippen LogP) is 2.31. The van der Waals surface area contributed by atoms with Crippen molar-refractivity contribution in [3.05, 3.63) is 53.9 Å². The molecule has 0 radical (unpaired) electrons. The number of carbonyl (C=O) groups is 1. The van der Waals surface area contributed by atoms with E-state index in [9.17, 15) is 4.79 Å². The van der Waals surface area contributed by atoms with Crippen LogP contribution in [0.15, 0.2) is 42.7 Å². The molecular formula is C18H22ClN3O3. The molecule has 1 aromatic heterocycles. The molecule has 134 valence electrons. The second-order valence-electron chi connectivity index (χ2n) is 5.55. The van der Waals surface area contributed by atoms with Crippen molar-refractivity contribution in [2.75, 3.05) is 33.9 Å². The lowest BCUT2D eigenvalue weighted by Gasteiger charge is -2.36. The number of rotatable bonds is 4. The molecule has 1 saturated heterocycles. The summed E-state index contributed by atoms with van der Waals surface area (Å²) in [4.78, 5) is 19.2. The number of aromatic nitrogens is 1. The molecule has 1 amide bonds. The van der Waals surface area contributed by atoms with E-state index in [1.165, 1.54) is 0 Å². The maximum absolute atomic E-state index is 13.2. The normalized spacial score (nSPS) is 16.7. The minimum Gasteiger partial charge on any atom is -0.493 e. The summed E-state index contributed by atoms with van der Waals surface area (Å²) in [6.45, 7) is 2.08. The Labute approximate surface area is 153 Å². The van der Waals surface area contributed by atoms with Gasteiger partial charge in [0.05, 0.1) is 25.8 Å². The number of halogens is 1. The van der Waals surface area contributed by atoms with Gasteiger partial charge in [-0.05, 0) is 23.8 Å². The van der Waals surface area contributed by atoms with Gasteiger partial charge in [-0.25, -0.2) is 0 Å². The maximum Gasteiger partial charge on any atom is 0.258 e. The van der Waals surface area contributed by atoms with Crippen molar-refractivity contribution in [3.8, 4) is 11.5 Å². The van der Waals surface area contributed by atoms with Gasteiger partial charge in [0.15, 0.2) is 11.5 Å². The van der Waals surface area contributed by atoms with Crippen molar-refractivity contribution in [1.29, 1.82) is 0 Å². The summed E-state index contributed by atoms with van der Waals surface area (Å²) in [5.41, 5.74) is 1.52. The quantitative estimate of drug-likeness (QED) is 0.903. The molecule has 0 bridgehead atoms. The second kappa shape index (κ2) is 8.69. The highest BCUT2D eigenvalue weighted by Crippen LogP contribution is 2.33. The van der Waals surface area contributed by atoms with Gasteiger partial charge in [0.25, 0.3) is 5.91 Å². The number of amides is 1. The number of carbonyl (C=O) groups excluding carboxylic acids is 1. The lowest BCUT2D eigenvalue weighted by molar-refractivity contribution is 0.0630. The van der Waals surface area contributed by atoms with Crippen molar-refractivity contribution in [2.24, 2.45) is 0 Å². The Balaban J connectivity index is 0.00000225. The largest absolute Gasteiger partial charge is 0.493 e. The smallest absolute Gasteiger partial charge is 0.258 e. The van der Waals surface area contributed by atoms with Gasteiger partial charge in [0.1, 0.15) is 0 Å². The van der Waals surface area contributed by atoms with Crippen molar-refractivity contribution in [2.45, 2.75) is 6.04 Å². The first-order chi connectivity index (χ1) is 11.8. The number of benzene rings is 1. The Morgan fingerprint density at radius 1 is 1.24 bits per heavy atom. The maximum atomic E-state index is 13.2. The van der Waals surface area contributed by atoms with Gasteiger partial charge >= 0.3 is 0 Å². The number of hydrogen-bond donors (Lipinski definition) is 1. The Bertz CT molecular complexity index is 712. The summed E-state index contributed by atoms with van der Waals surface area (Å²) in [5, 5.41) is 3.34. The number of para-hydroxylation sites is 1. The third kappa shape index (κ3) is 3.86. The predicted molar refractivity (Wildman–Crippen MR) is 97.7 cm³/mol. The van der Waals surface area contributed by atoms with E-state index in [4.69, 9.17) is 9.47 Å². The fourth-order valence-electron chi connectivity index (χ4n) is 3.03. The fourth-order valence-corrected chi connectivity index (χ4v) is 3.03. The highest BCUT2D eigenvalue weighted by atomic mass is 35.5. The van der Waals surface area contributed by atoms with E-state index < -0.39 is 0 Å². The number of hydrogen-bond acceptors (Lipinski definition) is 5. The van der Waals surface area contributed by atoms with Gasteiger partial charge in [-0.1, -0.05) is 12.1 Å². The van der Waals surface area contributed by atoms with Gasteiger partial charge in [0.2, 0.25) is 0 Å². The van der Waals surface area contributed by atoms with Crippen LogP contribution in [0.3, 0.4) is 0 Å². The first-order valence-electron chi connectivity index (χ1n) is 7.89. The van der Waals surface area contributed by atoms with E-state index in [0.29, 0.717) is 30.2 Å². The zero-order valence-corrected chi connectivity index (χ0v) is 15.1. The van der Waals surface area contributed by atoms with Crippen molar-refractivity contribution >= 4 is 18.3 Å². The minimum atomic E-state index is -0.0684. The van der Waals surface area contributed by atoms with Crippen LogP contribution in [-0.4, -0.2) is 49.6 Å². The van der Waals surface area contributed by atoms with Gasteiger partial charge in [-0.3, -0.25) is 9.78 Å². The summed E-state index contributed by atoms with van der Waals surface area (Å²) in [6.07, 6.45) is 3.54. The van der Waals surface area contributed by atoms with Crippen LogP contribution in [0, 0.1) is 0 Å². The first kappa shape index (κ1) is 19.0. The van der Waals surface area contributed by atoms with Crippen molar-refractivity contribution < 1.29 is 14.3 Å². The van der Waals surface area contributed by atoms with Gasteiger partial charge in [-0.15, -0.1) is 12.4 Å². The molecule has 1 aliphatic rings. The number of piperazine rings is 1. The van der Waals surface area contributed by atoms with Gasteiger partial charge < -0.3 is 19.7 Å². The minimum absolute atomic E-state index is 0. The van der Waals surface area contributed by atoms with E-state index in [-0.39, 0.29) is 24.4 Å². The molecule has 0 spiro atoms. The van der Waals surface area contributed by atoms with E-state index >= 15 is 0 Å². The number of nitrogens with one attached hydrogen (secondary N) is 1. The molecule has 1 aromatic carbocycles. The van der Waals surface area contributed by atoms with E-state index in [0.717, 1.165) is 12.1 Å². The van der Waals surface area contributed by atoms with Crippen molar-refractivity contribution in [1.82, 2.24) is 15.2 Å². The fraction of sp³-hybridized carbons (Fsp3) is 0.333. The van der Waals surface area contributed by atoms with Crippen LogP contribution in [0.1, 0.15) is 22.0 Å². The molecule has 25 heavy (non-hydrogen) atoms. The molecule has 0 aliphatic carbocycles. The molecule has 1 aliphatic heterocycles. The first-order valence-corrected chi connectivity index (χ1v) is 7.89. The van der Waals surface area contributed by atoms with E-state index in [2.05, 4.69) is 10.3 Å². The average molecular weight is 364 g/mol. The van der Waals surface area contributed by atoms with Crippen LogP contribution in [0.4, 0.5) is 0 Å².